The molecule has 3 rings (SSSR count). The lowest BCUT2D eigenvalue weighted by Crippen LogP contribution is -2.34. The van der Waals surface area contributed by atoms with Gasteiger partial charge in [0.1, 0.15) is 5.76 Å². The summed E-state index contributed by atoms with van der Waals surface area (Å²) in [4.78, 5) is 12.7. The molecule has 2 amide bonds. The number of urea groups is 1. The van der Waals surface area contributed by atoms with Crippen LogP contribution in [0.5, 0.6) is 0 Å². The van der Waals surface area contributed by atoms with Crippen LogP contribution < -0.4 is 10.0 Å². The van der Waals surface area contributed by atoms with Crippen molar-refractivity contribution in [3.8, 4) is 0 Å². The van der Waals surface area contributed by atoms with E-state index in [-0.39, 0.29) is 22.8 Å². The minimum Gasteiger partial charge on any atom is -0.447 e. The van der Waals surface area contributed by atoms with Gasteiger partial charge in [-0.2, -0.15) is 8.42 Å². The maximum absolute atomic E-state index is 12.9. The molecule has 0 atom stereocenters. The van der Waals surface area contributed by atoms with Gasteiger partial charge in [-0.25, -0.2) is 9.52 Å². The van der Waals surface area contributed by atoms with E-state index in [0.29, 0.717) is 17.0 Å². The van der Waals surface area contributed by atoms with Gasteiger partial charge in [-0.05, 0) is 49.7 Å². The molecule has 1 saturated carbocycles. The molecule has 0 unspecified atom stereocenters. The van der Waals surface area contributed by atoms with E-state index in [0.717, 1.165) is 24.0 Å². The van der Waals surface area contributed by atoms with E-state index >= 15 is 0 Å². The summed E-state index contributed by atoms with van der Waals surface area (Å²) in [6, 6.07) is 6.23. The molecule has 1 heterocycles. The molecule has 0 radical (unpaired) electrons. The maximum Gasteiger partial charge on any atom is 0.333 e. The first-order valence-electron chi connectivity index (χ1n) is 10.6. The van der Waals surface area contributed by atoms with E-state index in [9.17, 15) is 18.3 Å². The van der Waals surface area contributed by atoms with E-state index < -0.39 is 21.7 Å². The highest BCUT2D eigenvalue weighted by atomic mass is 32.2. The standard InChI is InChI=1S/C23H32N2O5S/c1-13(2)16-8-7-9-17(14(3)4)20(16)24-22(26)25-31(28,29)19-12-18(23(5,6)27)21(30-19)15-10-11-15/h7-9,12-15,27H,10-11H2,1-6H3,(H2,24,25,26). The first-order chi connectivity index (χ1) is 14.3. The van der Waals surface area contributed by atoms with Crippen LogP contribution in [0.25, 0.3) is 0 Å². The third-order valence-corrected chi connectivity index (χ3v) is 6.63. The van der Waals surface area contributed by atoms with Gasteiger partial charge in [0.15, 0.2) is 0 Å². The largest absolute Gasteiger partial charge is 0.447 e. The second-order valence-corrected chi connectivity index (χ2v) is 11.0. The van der Waals surface area contributed by atoms with Crippen LogP contribution in [0.15, 0.2) is 33.8 Å². The fraction of sp³-hybridized carbons (Fsp3) is 0.522. The number of amides is 2. The molecule has 0 bridgehead atoms. The zero-order valence-corrected chi connectivity index (χ0v) is 19.8. The van der Waals surface area contributed by atoms with E-state index in [2.05, 4.69) is 10.0 Å². The van der Waals surface area contributed by atoms with Crippen LogP contribution in [-0.2, 0) is 15.6 Å². The van der Waals surface area contributed by atoms with Gasteiger partial charge < -0.3 is 14.8 Å². The van der Waals surface area contributed by atoms with Crippen molar-refractivity contribution in [1.29, 1.82) is 0 Å². The minimum absolute atomic E-state index is 0.103. The van der Waals surface area contributed by atoms with Crippen LogP contribution in [0.2, 0.25) is 0 Å². The molecule has 1 aromatic carbocycles. The molecule has 0 spiro atoms. The average molecular weight is 449 g/mol. The summed E-state index contributed by atoms with van der Waals surface area (Å²) in [7, 11) is -4.25. The van der Waals surface area contributed by atoms with E-state index in [1.165, 1.54) is 6.07 Å². The number of benzene rings is 1. The third-order valence-electron chi connectivity index (χ3n) is 5.45. The molecule has 0 aliphatic heterocycles. The molecule has 8 heteroatoms. The average Bonchev–Trinajstić information content (AvgIpc) is 3.36. The van der Waals surface area contributed by atoms with Gasteiger partial charge in [-0.3, -0.25) is 0 Å². The molecule has 2 aromatic rings. The highest BCUT2D eigenvalue weighted by molar-refractivity contribution is 7.89. The van der Waals surface area contributed by atoms with Crippen molar-refractivity contribution < 1.29 is 22.7 Å². The number of carbonyl (C=O) groups excluding carboxylic acids is 1. The second-order valence-electron chi connectivity index (χ2n) is 9.36. The Kier molecular flexibility index (Phi) is 6.26. The number of carbonyl (C=O) groups is 1. The number of nitrogens with one attached hydrogen (secondary N) is 2. The van der Waals surface area contributed by atoms with E-state index in [1.54, 1.807) is 13.8 Å². The number of furan rings is 1. The van der Waals surface area contributed by atoms with Gasteiger partial charge in [0.2, 0.25) is 5.09 Å². The number of rotatable bonds is 7. The molecule has 3 N–H and O–H groups in total. The monoisotopic (exact) mass is 448 g/mol. The first-order valence-corrected chi connectivity index (χ1v) is 12.1. The third kappa shape index (κ3) is 5.13. The quantitative estimate of drug-likeness (QED) is 0.543. The fourth-order valence-corrected chi connectivity index (χ4v) is 4.52. The molecule has 1 aliphatic carbocycles. The number of hydrogen-bond donors (Lipinski definition) is 3. The molecule has 0 saturated heterocycles. The van der Waals surface area contributed by atoms with Gasteiger partial charge in [0, 0.05) is 23.2 Å². The minimum atomic E-state index is -4.25. The number of sulfonamides is 1. The number of para-hydroxylation sites is 1. The van der Waals surface area contributed by atoms with Crippen LogP contribution in [0.4, 0.5) is 10.5 Å². The Hall–Kier alpha value is -2.32. The number of anilines is 1. The maximum atomic E-state index is 12.9. The lowest BCUT2D eigenvalue weighted by molar-refractivity contribution is 0.0765. The van der Waals surface area contributed by atoms with Crippen molar-refractivity contribution in [3.05, 3.63) is 46.7 Å². The molecule has 1 aliphatic rings. The SMILES string of the molecule is CC(C)c1cccc(C(C)C)c1NC(=O)NS(=O)(=O)c1cc(C(C)(C)O)c(C2CC2)o1. The number of hydrogen-bond acceptors (Lipinski definition) is 5. The molecule has 31 heavy (non-hydrogen) atoms. The van der Waals surface area contributed by atoms with Gasteiger partial charge in [0.25, 0.3) is 10.0 Å². The van der Waals surface area contributed by atoms with Crippen LogP contribution in [0, 0.1) is 0 Å². The van der Waals surface area contributed by atoms with Crippen molar-refractivity contribution in [3.63, 3.8) is 0 Å². The summed E-state index contributed by atoms with van der Waals surface area (Å²) in [6.07, 6.45) is 1.77. The zero-order chi connectivity index (χ0) is 23.1. The molecule has 1 fully saturated rings. The molecular formula is C23H32N2O5S. The van der Waals surface area contributed by atoms with Crippen molar-refractivity contribution in [2.24, 2.45) is 0 Å². The van der Waals surface area contributed by atoms with Gasteiger partial charge >= 0.3 is 6.03 Å². The van der Waals surface area contributed by atoms with E-state index in [4.69, 9.17) is 4.42 Å². The van der Waals surface area contributed by atoms with Crippen LogP contribution in [0.1, 0.15) is 94.6 Å². The summed E-state index contributed by atoms with van der Waals surface area (Å²) in [5, 5.41) is 12.8. The Balaban J connectivity index is 1.88. The van der Waals surface area contributed by atoms with Crippen molar-refractivity contribution in [2.45, 2.75) is 82.8 Å². The number of aliphatic hydroxyl groups is 1. The van der Waals surface area contributed by atoms with Crippen molar-refractivity contribution in [1.82, 2.24) is 4.72 Å². The summed E-state index contributed by atoms with van der Waals surface area (Å²) in [5.41, 5.74) is 1.66. The lowest BCUT2D eigenvalue weighted by atomic mass is 9.93. The Morgan fingerprint density at radius 1 is 1.13 bits per heavy atom. The summed E-state index contributed by atoms with van der Waals surface area (Å²) < 4.78 is 33.4. The van der Waals surface area contributed by atoms with Gasteiger partial charge in [-0.1, -0.05) is 45.9 Å². The molecule has 7 nitrogen and oxygen atoms in total. The molecular weight excluding hydrogens is 416 g/mol. The topological polar surface area (TPSA) is 109 Å². The van der Waals surface area contributed by atoms with Crippen molar-refractivity contribution in [2.75, 3.05) is 5.32 Å². The Morgan fingerprint density at radius 2 is 1.68 bits per heavy atom. The van der Waals surface area contributed by atoms with Crippen LogP contribution in [0.3, 0.4) is 0 Å². The fourth-order valence-electron chi connectivity index (χ4n) is 3.65. The van der Waals surface area contributed by atoms with Gasteiger partial charge in [-0.15, -0.1) is 0 Å². The van der Waals surface area contributed by atoms with E-state index in [1.807, 2.05) is 45.9 Å². The Morgan fingerprint density at radius 3 is 2.13 bits per heavy atom. The summed E-state index contributed by atoms with van der Waals surface area (Å²) in [5.74, 6) is 0.864. The molecule has 170 valence electrons. The Labute approximate surface area is 184 Å². The summed E-state index contributed by atoms with van der Waals surface area (Å²) >= 11 is 0. The summed E-state index contributed by atoms with van der Waals surface area (Å²) in [6.45, 7) is 11.2. The second kappa shape index (κ2) is 8.31. The highest BCUT2D eigenvalue weighted by Gasteiger charge is 2.37. The zero-order valence-electron chi connectivity index (χ0n) is 18.9. The normalized spacial score (nSPS) is 14.9. The highest BCUT2D eigenvalue weighted by Crippen LogP contribution is 2.46. The van der Waals surface area contributed by atoms with Gasteiger partial charge in [0.05, 0.1) is 5.60 Å². The van der Waals surface area contributed by atoms with Crippen LogP contribution >= 0.6 is 0 Å². The lowest BCUT2D eigenvalue weighted by Gasteiger charge is -2.20. The Bertz CT molecular complexity index is 1050. The van der Waals surface area contributed by atoms with Crippen LogP contribution in [-0.4, -0.2) is 19.6 Å². The molecule has 1 aromatic heterocycles. The first kappa shape index (κ1) is 23.3. The van der Waals surface area contributed by atoms with Crippen molar-refractivity contribution >= 4 is 21.7 Å². The smallest absolute Gasteiger partial charge is 0.333 e. The predicted molar refractivity (Wildman–Crippen MR) is 120 cm³/mol. The predicted octanol–water partition coefficient (Wildman–Crippen LogP) is 5.14.